The molecule has 0 spiro atoms. The molecule has 134 valence electrons. The third kappa shape index (κ3) is 2.88. The summed E-state index contributed by atoms with van der Waals surface area (Å²) in [6.07, 6.45) is 3.51. The Morgan fingerprint density at radius 3 is 2.88 bits per heavy atom. The van der Waals surface area contributed by atoms with Crippen LogP contribution in [-0.2, 0) is 19.0 Å². The number of hydrogen-bond acceptors (Lipinski definition) is 7. The molecule has 2 aliphatic rings. The van der Waals surface area contributed by atoms with E-state index in [2.05, 4.69) is 15.0 Å². The van der Waals surface area contributed by atoms with Gasteiger partial charge < -0.3 is 18.8 Å². The van der Waals surface area contributed by atoms with Crippen LogP contribution in [0.15, 0.2) is 12.7 Å². The molecule has 1 aliphatic heterocycles. The van der Waals surface area contributed by atoms with Gasteiger partial charge in [-0.3, -0.25) is 4.79 Å². The molecule has 2 aromatic rings. The van der Waals surface area contributed by atoms with E-state index in [1.807, 2.05) is 18.4 Å². The van der Waals surface area contributed by atoms with Crippen molar-refractivity contribution in [3.05, 3.63) is 17.8 Å². The number of carbonyl (C=O) groups excluding carboxylic acids is 1. The molecule has 1 aliphatic carbocycles. The molecule has 4 atom stereocenters. The molecule has 0 radical (unpaired) electrons. The first-order valence-corrected chi connectivity index (χ1v) is 8.55. The van der Waals surface area contributed by atoms with Crippen LogP contribution < -0.4 is 0 Å². The first-order valence-electron chi connectivity index (χ1n) is 8.18. The van der Waals surface area contributed by atoms with Crippen molar-refractivity contribution in [1.29, 1.82) is 0 Å². The van der Waals surface area contributed by atoms with Crippen molar-refractivity contribution >= 4 is 28.7 Å². The van der Waals surface area contributed by atoms with Crippen molar-refractivity contribution in [3.8, 4) is 0 Å². The number of rotatable bonds is 3. The third-order valence-electron chi connectivity index (χ3n) is 4.72. The SMILES string of the molecule is CC(=O)OC[C@H]1C[C@@H](n2cnc3c(Cl)ncnc32)[C@H]2OC(C)(C)O[C@H]12. The number of hydrogen-bond donors (Lipinski definition) is 0. The minimum Gasteiger partial charge on any atom is -0.465 e. The van der Waals surface area contributed by atoms with E-state index in [-0.39, 0.29) is 30.1 Å². The second-order valence-electron chi connectivity index (χ2n) is 6.92. The highest BCUT2D eigenvalue weighted by molar-refractivity contribution is 6.33. The van der Waals surface area contributed by atoms with E-state index in [1.165, 1.54) is 13.3 Å². The summed E-state index contributed by atoms with van der Waals surface area (Å²) in [4.78, 5) is 23.8. The number of imidazole rings is 1. The van der Waals surface area contributed by atoms with E-state index in [9.17, 15) is 4.79 Å². The number of carbonyl (C=O) groups is 1. The van der Waals surface area contributed by atoms with Crippen LogP contribution in [0.5, 0.6) is 0 Å². The molecule has 0 bridgehead atoms. The van der Waals surface area contributed by atoms with Crippen LogP contribution in [0.25, 0.3) is 11.2 Å². The number of esters is 1. The molecular weight excluding hydrogens is 348 g/mol. The molecule has 4 rings (SSSR count). The van der Waals surface area contributed by atoms with E-state index in [4.69, 9.17) is 25.8 Å². The first kappa shape index (κ1) is 16.7. The summed E-state index contributed by atoms with van der Waals surface area (Å²) < 4.78 is 19.4. The van der Waals surface area contributed by atoms with Crippen molar-refractivity contribution in [3.63, 3.8) is 0 Å². The Hall–Kier alpha value is -1.77. The maximum Gasteiger partial charge on any atom is 0.302 e. The Bertz CT molecular complexity index is 824. The quantitative estimate of drug-likeness (QED) is 0.607. The van der Waals surface area contributed by atoms with Gasteiger partial charge in [0.25, 0.3) is 0 Å². The highest BCUT2D eigenvalue weighted by Gasteiger charge is 2.55. The average molecular weight is 367 g/mol. The summed E-state index contributed by atoms with van der Waals surface area (Å²) in [6, 6.07) is -0.0386. The molecule has 1 saturated heterocycles. The Labute approximate surface area is 149 Å². The predicted octanol–water partition coefficient (Wildman–Crippen LogP) is 2.12. The predicted molar refractivity (Wildman–Crippen MR) is 87.9 cm³/mol. The highest BCUT2D eigenvalue weighted by Crippen LogP contribution is 2.47. The summed E-state index contributed by atoms with van der Waals surface area (Å²) in [5.74, 6) is -0.952. The van der Waals surface area contributed by atoms with Gasteiger partial charge in [-0.05, 0) is 20.3 Å². The number of ether oxygens (including phenoxy) is 3. The van der Waals surface area contributed by atoms with E-state index >= 15 is 0 Å². The van der Waals surface area contributed by atoms with E-state index in [0.717, 1.165) is 6.42 Å². The fourth-order valence-corrected chi connectivity index (χ4v) is 3.96. The lowest BCUT2D eigenvalue weighted by atomic mass is 10.1. The Morgan fingerprint density at radius 2 is 2.12 bits per heavy atom. The number of nitrogens with zero attached hydrogens (tertiary/aromatic N) is 4. The monoisotopic (exact) mass is 366 g/mol. The fourth-order valence-electron chi connectivity index (χ4n) is 3.78. The van der Waals surface area contributed by atoms with Gasteiger partial charge in [-0.2, -0.15) is 0 Å². The van der Waals surface area contributed by atoms with Gasteiger partial charge in [0.2, 0.25) is 0 Å². The van der Waals surface area contributed by atoms with Crippen molar-refractivity contribution < 1.29 is 19.0 Å². The second kappa shape index (κ2) is 5.89. The van der Waals surface area contributed by atoms with E-state index < -0.39 is 5.79 Å². The van der Waals surface area contributed by atoms with Gasteiger partial charge in [-0.1, -0.05) is 11.6 Å². The van der Waals surface area contributed by atoms with Gasteiger partial charge in [0, 0.05) is 12.8 Å². The lowest BCUT2D eigenvalue weighted by Gasteiger charge is -2.24. The highest BCUT2D eigenvalue weighted by atomic mass is 35.5. The summed E-state index contributed by atoms with van der Waals surface area (Å²) in [7, 11) is 0. The minimum absolute atomic E-state index is 0.0374. The summed E-state index contributed by atoms with van der Waals surface area (Å²) in [5.41, 5.74) is 1.22. The Morgan fingerprint density at radius 1 is 1.36 bits per heavy atom. The van der Waals surface area contributed by atoms with Gasteiger partial charge in [0.05, 0.1) is 25.1 Å². The van der Waals surface area contributed by atoms with Crippen molar-refractivity contribution in [2.45, 2.75) is 51.2 Å². The van der Waals surface area contributed by atoms with Gasteiger partial charge in [-0.15, -0.1) is 0 Å². The second-order valence-corrected chi connectivity index (χ2v) is 7.28. The lowest BCUT2D eigenvalue weighted by Crippen LogP contribution is -2.28. The van der Waals surface area contributed by atoms with Crippen LogP contribution in [0.1, 0.15) is 33.2 Å². The van der Waals surface area contributed by atoms with Crippen LogP contribution >= 0.6 is 11.6 Å². The van der Waals surface area contributed by atoms with Crippen LogP contribution in [0, 0.1) is 5.92 Å². The van der Waals surface area contributed by atoms with Crippen molar-refractivity contribution in [2.75, 3.05) is 6.61 Å². The maximum absolute atomic E-state index is 11.2. The van der Waals surface area contributed by atoms with Gasteiger partial charge >= 0.3 is 5.97 Å². The molecular formula is C16H19ClN4O4. The van der Waals surface area contributed by atoms with Crippen molar-refractivity contribution in [1.82, 2.24) is 19.5 Å². The van der Waals surface area contributed by atoms with Crippen LogP contribution in [0.4, 0.5) is 0 Å². The summed E-state index contributed by atoms with van der Waals surface area (Å²) in [5, 5.41) is 0.318. The normalized spacial score (nSPS) is 30.6. The maximum atomic E-state index is 11.2. The molecule has 0 amide bonds. The minimum atomic E-state index is -0.689. The third-order valence-corrected chi connectivity index (χ3v) is 5.00. The van der Waals surface area contributed by atoms with Gasteiger partial charge in [-0.25, -0.2) is 15.0 Å². The molecule has 2 fully saturated rings. The van der Waals surface area contributed by atoms with E-state index in [1.54, 1.807) is 6.33 Å². The van der Waals surface area contributed by atoms with Crippen LogP contribution in [-0.4, -0.2) is 50.1 Å². The van der Waals surface area contributed by atoms with Crippen molar-refractivity contribution in [2.24, 2.45) is 5.92 Å². The molecule has 2 aromatic heterocycles. The molecule has 0 unspecified atom stereocenters. The summed E-state index contributed by atoms with van der Waals surface area (Å²) >= 11 is 6.11. The number of fused-ring (bicyclic) bond motifs is 2. The molecule has 8 nitrogen and oxygen atoms in total. The zero-order chi connectivity index (χ0) is 17.8. The Kier molecular flexibility index (Phi) is 3.93. The first-order chi connectivity index (χ1) is 11.9. The zero-order valence-corrected chi connectivity index (χ0v) is 14.9. The fraction of sp³-hybridized carbons (Fsp3) is 0.625. The molecule has 25 heavy (non-hydrogen) atoms. The van der Waals surface area contributed by atoms with Crippen LogP contribution in [0.2, 0.25) is 5.15 Å². The molecule has 0 aromatic carbocycles. The van der Waals surface area contributed by atoms with Crippen LogP contribution in [0.3, 0.4) is 0 Å². The molecule has 1 saturated carbocycles. The average Bonchev–Trinajstić information content (AvgIpc) is 3.17. The van der Waals surface area contributed by atoms with Gasteiger partial charge in [0.1, 0.15) is 17.9 Å². The van der Waals surface area contributed by atoms with Gasteiger partial charge in [0.15, 0.2) is 16.6 Å². The number of aromatic nitrogens is 4. The Balaban J connectivity index is 1.68. The number of halogens is 1. The lowest BCUT2D eigenvalue weighted by molar-refractivity contribution is -0.164. The molecule has 9 heteroatoms. The topological polar surface area (TPSA) is 88.4 Å². The molecule has 0 N–H and O–H groups in total. The standard InChI is InChI=1S/C16H19ClN4O4/c1-8(22)23-5-9-4-10(13-12(9)24-16(2,3)25-13)21-7-20-11-14(17)18-6-19-15(11)21/h6-7,9-10,12-13H,4-5H2,1-3H3/t9-,10-,12-,13-/m1/s1. The summed E-state index contributed by atoms with van der Waals surface area (Å²) in [6.45, 7) is 5.48. The largest absolute Gasteiger partial charge is 0.465 e. The van der Waals surface area contributed by atoms with E-state index in [0.29, 0.717) is 22.9 Å². The zero-order valence-electron chi connectivity index (χ0n) is 14.2. The smallest absolute Gasteiger partial charge is 0.302 e. The molecule has 3 heterocycles.